The van der Waals surface area contributed by atoms with Crippen LogP contribution < -0.4 is 16.2 Å². The summed E-state index contributed by atoms with van der Waals surface area (Å²) in [6, 6.07) is 9.71. The number of hydrogen-bond acceptors (Lipinski definition) is 13. The van der Waals surface area contributed by atoms with Gasteiger partial charge in [0.05, 0.1) is 42.5 Å². The summed E-state index contributed by atoms with van der Waals surface area (Å²) >= 11 is 0. The number of nitrogens with one attached hydrogen (secondary N) is 1. The molecule has 13 heteroatoms. The molecule has 0 amide bonds. The van der Waals surface area contributed by atoms with E-state index in [4.69, 9.17) is 18.3 Å². The lowest BCUT2D eigenvalue weighted by Gasteiger charge is -2.40. The van der Waals surface area contributed by atoms with E-state index >= 15 is 0 Å². The number of fused-ring (bicyclic) bond motifs is 4. The third-order valence-electron chi connectivity index (χ3n) is 7.64. The Morgan fingerprint density at radius 1 is 0.860 bits per heavy atom. The molecule has 0 spiro atoms. The van der Waals surface area contributed by atoms with Gasteiger partial charge in [-0.1, -0.05) is 12.1 Å². The summed E-state index contributed by atoms with van der Waals surface area (Å²) in [7, 11) is 2.03. The topological polar surface area (TPSA) is 206 Å². The van der Waals surface area contributed by atoms with Gasteiger partial charge in [0.2, 0.25) is 16.5 Å². The quantitative estimate of drug-likeness (QED) is 0.150. The van der Waals surface area contributed by atoms with Crippen molar-refractivity contribution in [1.29, 1.82) is 0 Å². The van der Waals surface area contributed by atoms with Gasteiger partial charge in [-0.3, -0.25) is 9.59 Å². The molecule has 0 aliphatic heterocycles. The number of rotatable bonds is 4. The standard InChI is InChI=1S/C30H23NO12/c1-40-28(37)20-12(9-10-18-23(20)25(34)21-14(32)5-3-7-16(21)42-18)31-13-11-19-24(30(39,27(13)36)29(38)41-2)26(35)22-15(33)6-4-8-17(22)43-19/h3-10,13,27,31-33,36,39H,11H2,1-2H3/t13-,27-,30-/m1/s1. The van der Waals surface area contributed by atoms with Gasteiger partial charge in [0.15, 0.2) is 0 Å². The maximum atomic E-state index is 13.6. The third-order valence-corrected chi connectivity index (χ3v) is 7.64. The zero-order valence-electron chi connectivity index (χ0n) is 22.5. The smallest absolute Gasteiger partial charge is 0.345 e. The van der Waals surface area contributed by atoms with Crippen LogP contribution in [0.3, 0.4) is 0 Å². The Morgan fingerprint density at radius 2 is 1.47 bits per heavy atom. The minimum absolute atomic E-state index is 0.00747. The molecule has 0 radical (unpaired) electrons. The van der Waals surface area contributed by atoms with Crippen molar-refractivity contribution in [1.82, 2.24) is 0 Å². The van der Waals surface area contributed by atoms with Crippen LogP contribution in [0.25, 0.3) is 32.9 Å². The van der Waals surface area contributed by atoms with E-state index in [1.165, 1.54) is 48.5 Å². The molecule has 5 N–H and O–H groups in total. The Morgan fingerprint density at radius 3 is 2.09 bits per heavy atom. The van der Waals surface area contributed by atoms with Crippen LogP contribution in [0.1, 0.15) is 21.7 Å². The van der Waals surface area contributed by atoms with Crippen molar-refractivity contribution in [3.8, 4) is 11.5 Å². The lowest BCUT2D eigenvalue weighted by atomic mass is 9.76. The van der Waals surface area contributed by atoms with Crippen LogP contribution in [-0.4, -0.2) is 58.7 Å². The largest absolute Gasteiger partial charge is 0.507 e. The Bertz CT molecular complexity index is 2110. The van der Waals surface area contributed by atoms with Crippen molar-refractivity contribution in [3.63, 3.8) is 0 Å². The summed E-state index contributed by atoms with van der Waals surface area (Å²) in [5.41, 5.74) is -5.65. The zero-order chi connectivity index (χ0) is 30.8. The van der Waals surface area contributed by atoms with Gasteiger partial charge in [-0.05, 0) is 36.4 Å². The Hall–Kier alpha value is -5.40. The summed E-state index contributed by atoms with van der Waals surface area (Å²) in [6.45, 7) is 0. The van der Waals surface area contributed by atoms with Gasteiger partial charge < -0.3 is 44.1 Å². The molecule has 0 bridgehead atoms. The molecule has 0 saturated heterocycles. The van der Waals surface area contributed by atoms with Gasteiger partial charge in [-0.2, -0.15) is 0 Å². The number of anilines is 1. The average molecular weight is 590 g/mol. The number of phenolic OH excluding ortho intramolecular Hbond substituents is 2. The molecule has 2 heterocycles. The van der Waals surface area contributed by atoms with Gasteiger partial charge in [-0.25, -0.2) is 9.59 Å². The molecule has 220 valence electrons. The third kappa shape index (κ3) is 3.93. The molecule has 3 atom stereocenters. The fraction of sp³-hybridized carbons (Fsp3) is 0.200. The van der Waals surface area contributed by atoms with Gasteiger partial charge in [0.25, 0.3) is 0 Å². The Balaban J connectivity index is 1.57. The monoisotopic (exact) mass is 589 g/mol. The molecule has 1 aliphatic carbocycles. The maximum Gasteiger partial charge on any atom is 0.345 e. The van der Waals surface area contributed by atoms with E-state index in [0.717, 1.165) is 14.2 Å². The SMILES string of the molecule is COC(=O)c1c(N[C@@H]2Cc3oc4cccc(O)c4c(=O)c3[C@](O)(C(=O)OC)[C@@H]2O)ccc2oc3cccc(O)c3c(=O)c12. The van der Waals surface area contributed by atoms with E-state index in [1.54, 1.807) is 0 Å². The number of ether oxygens (including phenoxy) is 2. The second kappa shape index (κ2) is 9.86. The summed E-state index contributed by atoms with van der Waals surface area (Å²) in [4.78, 5) is 53.1. The van der Waals surface area contributed by atoms with Gasteiger partial charge in [0.1, 0.15) is 50.9 Å². The zero-order valence-corrected chi connectivity index (χ0v) is 22.5. The number of carbonyl (C=O) groups excluding carboxylic acids is 2. The summed E-state index contributed by atoms with van der Waals surface area (Å²) < 4.78 is 21.3. The average Bonchev–Trinajstić information content (AvgIpc) is 2.98. The fourth-order valence-electron chi connectivity index (χ4n) is 5.66. The van der Waals surface area contributed by atoms with Crippen molar-refractivity contribution < 1.29 is 48.3 Å². The second-order valence-corrected chi connectivity index (χ2v) is 9.97. The maximum absolute atomic E-state index is 13.6. The normalized spacial score (nSPS) is 19.7. The number of aliphatic hydroxyl groups excluding tert-OH is 1. The first-order valence-corrected chi connectivity index (χ1v) is 12.9. The van der Waals surface area contributed by atoms with Crippen LogP contribution in [0.2, 0.25) is 0 Å². The van der Waals surface area contributed by atoms with Crippen molar-refractivity contribution >= 4 is 50.5 Å². The van der Waals surface area contributed by atoms with E-state index < -0.39 is 51.9 Å². The van der Waals surface area contributed by atoms with Gasteiger partial charge in [-0.15, -0.1) is 0 Å². The molecule has 0 saturated carbocycles. The lowest BCUT2D eigenvalue weighted by Crippen LogP contribution is -2.60. The second-order valence-electron chi connectivity index (χ2n) is 9.97. The first-order valence-electron chi connectivity index (χ1n) is 12.9. The predicted octanol–water partition coefficient (Wildman–Crippen LogP) is 2.01. The van der Waals surface area contributed by atoms with E-state index in [9.17, 15) is 39.6 Å². The number of phenols is 2. The summed E-state index contributed by atoms with van der Waals surface area (Å²) in [5, 5.41) is 45.9. The molecule has 0 unspecified atom stereocenters. The molecule has 43 heavy (non-hydrogen) atoms. The highest BCUT2D eigenvalue weighted by Gasteiger charge is 2.57. The highest BCUT2D eigenvalue weighted by Crippen LogP contribution is 2.40. The number of aromatic hydroxyl groups is 2. The lowest BCUT2D eigenvalue weighted by molar-refractivity contribution is -0.181. The van der Waals surface area contributed by atoms with Gasteiger partial charge >= 0.3 is 11.9 Å². The molecule has 2 aromatic heterocycles. The molecule has 3 aromatic carbocycles. The highest BCUT2D eigenvalue weighted by molar-refractivity contribution is 6.10. The van der Waals surface area contributed by atoms with E-state index in [2.05, 4.69) is 5.32 Å². The van der Waals surface area contributed by atoms with E-state index in [-0.39, 0.29) is 62.1 Å². The van der Waals surface area contributed by atoms with Crippen LogP contribution in [0.15, 0.2) is 67.0 Å². The summed E-state index contributed by atoms with van der Waals surface area (Å²) in [5.74, 6) is -3.40. The molecule has 6 rings (SSSR count). The number of carbonyl (C=O) groups is 2. The van der Waals surface area contributed by atoms with Crippen molar-refractivity contribution in [2.45, 2.75) is 24.2 Å². The van der Waals surface area contributed by atoms with Crippen LogP contribution >= 0.6 is 0 Å². The Kier molecular flexibility index (Phi) is 6.36. The number of esters is 2. The first kappa shape index (κ1) is 27.8. The highest BCUT2D eigenvalue weighted by atomic mass is 16.5. The van der Waals surface area contributed by atoms with Crippen LogP contribution in [0.4, 0.5) is 5.69 Å². The fourth-order valence-corrected chi connectivity index (χ4v) is 5.66. The molecular formula is C30H23NO12. The van der Waals surface area contributed by atoms with Crippen LogP contribution in [0.5, 0.6) is 11.5 Å². The minimum atomic E-state index is -2.97. The number of methoxy groups -OCH3 is 2. The van der Waals surface area contributed by atoms with Crippen molar-refractivity contribution in [2.75, 3.05) is 19.5 Å². The van der Waals surface area contributed by atoms with Crippen molar-refractivity contribution in [2.24, 2.45) is 0 Å². The van der Waals surface area contributed by atoms with Crippen LogP contribution in [-0.2, 0) is 26.3 Å². The molecular weight excluding hydrogens is 566 g/mol. The van der Waals surface area contributed by atoms with E-state index in [0.29, 0.717) is 0 Å². The van der Waals surface area contributed by atoms with E-state index in [1.807, 2.05) is 0 Å². The Labute approximate surface area is 240 Å². The number of aliphatic hydroxyl groups is 2. The van der Waals surface area contributed by atoms with Crippen molar-refractivity contribution in [3.05, 3.63) is 85.9 Å². The first-order chi connectivity index (χ1) is 20.5. The number of hydrogen-bond donors (Lipinski definition) is 5. The molecule has 13 nitrogen and oxygen atoms in total. The predicted molar refractivity (Wildman–Crippen MR) is 150 cm³/mol. The molecule has 0 fully saturated rings. The van der Waals surface area contributed by atoms with Crippen LogP contribution in [0, 0.1) is 0 Å². The molecule has 5 aromatic rings. The minimum Gasteiger partial charge on any atom is -0.507 e. The van der Waals surface area contributed by atoms with Gasteiger partial charge in [0, 0.05) is 6.42 Å². The summed E-state index contributed by atoms with van der Waals surface area (Å²) in [6.07, 6.45) is -2.38. The molecule has 1 aliphatic rings. The number of benzene rings is 3.